The maximum atomic E-state index is 15.0. The minimum absolute atomic E-state index is 0.0923. The quantitative estimate of drug-likeness (QED) is 0.360. The van der Waals surface area contributed by atoms with Gasteiger partial charge in [0.2, 0.25) is 0 Å². The van der Waals surface area contributed by atoms with Crippen LogP contribution in [0.1, 0.15) is 22.2 Å². The van der Waals surface area contributed by atoms with Gasteiger partial charge in [0.15, 0.2) is 10.8 Å². The van der Waals surface area contributed by atoms with Crippen LogP contribution in [-0.2, 0) is 16.0 Å². The number of methoxy groups -OCH3 is 1. The number of ether oxygens (including phenoxy) is 1. The molecule has 0 spiro atoms. The van der Waals surface area contributed by atoms with Gasteiger partial charge in [-0.3, -0.25) is 14.8 Å². The van der Waals surface area contributed by atoms with E-state index in [4.69, 9.17) is 21.3 Å². The first kappa shape index (κ1) is 30.1. The first-order valence-electron chi connectivity index (χ1n) is 14.0. The highest BCUT2D eigenvalue weighted by atomic mass is 35.5. The molecule has 2 saturated heterocycles. The second-order valence-corrected chi connectivity index (χ2v) is 11.9. The van der Waals surface area contributed by atoms with E-state index in [1.165, 1.54) is 47.6 Å². The van der Waals surface area contributed by atoms with Crippen molar-refractivity contribution in [2.24, 2.45) is 4.99 Å². The molecule has 2 atom stereocenters. The summed E-state index contributed by atoms with van der Waals surface area (Å²) in [5.41, 5.74) is 2.06. The summed E-state index contributed by atoms with van der Waals surface area (Å²) in [6.45, 7) is 1.86. The first-order valence-corrected chi connectivity index (χ1v) is 15.2. The van der Waals surface area contributed by atoms with E-state index < -0.39 is 23.6 Å². The lowest BCUT2D eigenvalue weighted by atomic mass is 9.95. The minimum Gasteiger partial charge on any atom is -0.466 e. The average Bonchev–Trinajstić information content (AvgIpc) is 3.65. The zero-order chi connectivity index (χ0) is 31.0. The van der Waals surface area contributed by atoms with E-state index in [9.17, 15) is 23.5 Å². The number of rotatable bonds is 8. The Morgan fingerprint density at radius 1 is 1.20 bits per heavy atom. The summed E-state index contributed by atoms with van der Waals surface area (Å²) in [5.74, 6) is -1.20. The standard InChI is InChI=1S/C30H29ClF2N6O4S/c1-43-29(41)25-23(35-27(28-34-7-11-44-28)36-26(25)20-4-3-18(32)13-21(20)31)16-37-8-9-38-19(14-37)15-39(30(38)42)24-5-2-17(6-10-40)12-22(24)33/h2-5,7,11-13,19,26,40H,6,8-10,14-16H2,1H3,(H,35,36)/t19-,26-/m0/s1. The molecule has 44 heavy (non-hydrogen) atoms. The summed E-state index contributed by atoms with van der Waals surface area (Å²) in [6.07, 6.45) is 1.98. The highest BCUT2D eigenvalue weighted by Crippen LogP contribution is 2.37. The molecule has 0 saturated carbocycles. The molecule has 3 aromatic rings. The van der Waals surface area contributed by atoms with E-state index >= 15 is 0 Å². The molecule has 3 aliphatic heterocycles. The monoisotopic (exact) mass is 642 g/mol. The van der Waals surface area contributed by atoms with Crippen molar-refractivity contribution < 1.29 is 28.2 Å². The number of anilines is 1. The summed E-state index contributed by atoms with van der Waals surface area (Å²) in [5, 5.41) is 15.0. The molecule has 6 rings (SSSR count). The molecule has 2 N–H and O–H groups in total. The minimum atomic E-state index is -0.882. The number of aliphatic hydroxyl groups excluding tert-OH is 1. The van der Waals surface area contributed by atoms with Crippen LogP contribution in [-0.4, -0.2) is 90.2 Å². The number of aliphatic hydroxyl groups is 1. The zero-order valence-electron chi connectivity index (χ0n) is 23.7. The third kappa shape index (κ3) is 5.80. The molecular formula is C30H29ClF2N6O4S. The van der Waals surface area contributed by atoms with Gasteiger partial charge in [-0.05, 0) is 36.2 Å². The smallest absolute Gasteiger partial charge is 0.338 e. The van der Waals surface area contributed by atoms with Crippen LogP contribution in [0.4, 0.5) is 19.3 Å². The normalized spacial score (nSPS) is 20.5. The molecule has 4 heterocycles. The average molecular weight is 643 g/mol. The van der Waals surface area contributed by atoms with Crippen LogP contribution in [0.25, 0.3) is 0 Å². The molecule has 3 aliphatic rings. The van der Waals surface area contributed by atoms with Crippen molar-refractivity contribution >= 4 is 46.5 Å². The van der Waals surface area contributed by atoms with Crippen LogP contribution >= 0.6 is 22.9 Å². The van der Waals surface area contributed by atoms with E-state index in [1.807, 2.05) is 5.38 Å². The maximum absolute atomic E-state index is 15.0. The fraction of sp³-hybridized carbons (Fsp3) is 0.333. The van der Waals surface area contributed by atoms with Crippen molar-refractivity contribution in [2.75, 3.05) is 51.3 Å². The summed E-state index contributed by atoms with van der Waals surface area (Å²) < 4.78 is 34.1. The Hall–Kier alpha value is -3.91. The molecule has 1 aromatic heterocycles. The summed E-state index contributed by atoms with van der Waals surface area (Å²) in [6, 6.07) is 7.23. The Bertz CT molecular complexity index is 1650. The summed E-state index contributed by atoms with van der Waals surface area (Å²) >= 11 is 7.82. The lowest BCUT2D eigenvalue weighted by molar-refractivity contribution is -0.136. The van der Waals surface area contributed by atoms with E-state index in [-0.39, 0.29) is 41.5 Å². The molecule has 0 bridgehead atoms. The van der Waals surface area contributed by atoms with Crippen molar-refractivity contribution in [1.82, 2.24) is 20.1 Å². The number of urea groups is 1. The molecule has 14 heteroatoms. The Morgan fingerprint density at radius 3 is 2.75 bits per heavy atom. The Morgan fingerprint density at radius 2 is 2.05 bits per heavy atom. The van der Waals surface area contributed by atoms with Crippen molar-refractivity contribution in [3.8, 4) is 0 Å². The summed E-state index contributed by atoms with van der Waals surface area (Å²) in [4.78, 5) is 41.0. The van der Waals surface area contributed by atoms with E-state index in [0.717, 1.165) is 0 Å². The van der Waals surface area contributed by atoms with Crippen molar-refractivity contribution in [3.05, 3.63) is 92.0 Å². The number of amidine groups is 1. The van der Waals surface area contributed by atoms with Gasteiger partial charge in [0.05, 0.1) is 24.4 Å². The predicted octanol–water partition coefficient (Wildman–Crippen LogP) is 3.75. The van der Waals surface area contributed by atoms with Crippen LogP contribution in [0, 0.1) is 11.6 Å². The number of hydrogen-bond donors (Lipinski definition) is 2. The number of halogens is 3. The zero-order valence-corrected chi connectivity index (χ0v) is 25.2. The Kier molecular flexibility index (Phi) is 8.63. The fourth-order valence-electron chi connectivity index (χ4n) is 5.86. The molecule has 2 fully saturated rings. The third-order valence-corrected chi connectivity index (χ3v) is 9.05. The number of aliphatic imine (C=N–C) groups is 1. The van der Waals surface area contributed by atoms with Gasteiger partial charge in [-0.2, -0.15) is 0 Å². The molecule has 0 unspecified atom stereocenters. The van der Waals surface area contributed by atoms with E-state index in [0.29, 0.717) is 60.3 Å². The number of hydrogen-bond acceptors (Lipinski definition) is 9. The van der Waals surface area contributed by atoms with Gasteiger partial charge >= 0.3 is 12.0 Å². The van der Waals surface area contributed by atoms with Crippen LogP contribution < -0.4 is 10.2 Å². The largest absolute Gasteiger partial charge is 0.466 e. The number of aromatic nitrogens is 1. The van der Waals surface area contributed by atoms with Gasteiger partial charge in [-0.1, -0.05) is 23.7 Å². The highest BCUT2D eigenvalue weighted by molar-refractivity contribution is 7.11. The van der Waals surface area contributed by atoms with Crippen LogP contribution in [0.3, 0.4) is 0 Å². The Labute approximate surface area is 261 Å². The SMILES string of the molecule is COC(=O)C1=C(CN2CCN3C(=O)N(c4ccc(CCO)cc4F)C[C@@H]3C2)NC(c2nccs2)=N[C@H]1c1ccc(F)cc1Cl. The molecule has 230 valence electrons. The number of amides is 2. The van der Waals surface area contributed by atoms with Crippen LogP contribution in [0.2, 0.25) is 5.02 Å². The molecular weight excluding hydrogens is 614 g/mol. The van der Waals surface area contributed by atoms with Gasteiger partial charge < -0.3 is 20.1 Å². The second kappa shape index (κ2) is 12.6. The molecule has 2 aromatic carbocycles. The van der Waals surface area contributed by atoms with Crippen LogP contribution in [0.15, 0.2) is 64.2 Å². The van der Waals surface area contributed by atoms with Gasteiger partial charge in [-0.25, -0.2) is 23.4 Å². The lowest BCUT2D eigenvalue weighted by Gasteiger charge is -2.38. The lowest BCUT2D eigenvalue weighted by Crippen LogP contribution is -2.53. The van der Waals surface area contributed by atoms with Gasteiger partial charge in [0.1, 0.15) is 17.7 Å². The van der Waals surface area contributed by atoms with Crippen molar-refractivity contribution in [2.45, 2.75) is 18.5 Å². The van der Waals surface area contributed by atoms with E-state index in [1.54, 1.807) is 23.2 Å². The maximum Gasteiger partial charge on any atom is 0.338 e. The van der Waals surface area contributed by atoms with Crippen molar-refractivity contribution in [1.29, 1.82) is 0 Å². The first-order chi connectivity index (χ1) is 21.3. The van der Waals surface area contributed by atoms with Crippen LogP contribution in [0.5, 0.6) is 0 Å². The Balaban J connectivity index is 1.28. The number of carbonyl (C=O) groups is 2. The van der Waals surface area contributed by atoms with Crippen molar-refractivity contribution in [3.63, 3.8) is 0 Å². The van der Waals surface area contributed by atoms with Gasteiger partial charge in [0.25, 0.3) is 0 Å². The van der Waals surface area contributed by atoms with E-state index in [2.05, 4.69) is 15.2 Å². The number of thiazole rings is 1. The number of esters is 1. The number of fused-ring (bicyclic) bond motifs is 1. The number of nitrogens with zero attached hydrogens (tertiary/aromatic N) is 5. The molecule has 10 nitrogen and oxygen atoms in total. The molecule has 0 radical (unpaired) electrons. The number of nitrogens with one attached hydrogen (secondary N) is 1. The molecule has 2 amide bonds. The number of benzene rings is 2. The number of carbonyl (C=O) groups excluding carboxylic acids is 2. The number of piperazine rings is 1. The van der Waals surface area contributed by atoms with Gasteiger partial charge in [-0.15, -0.1) is 11.3 Å². The fourth-order valence-corrected chi connectivity index (χ4v) is 6.72. The second-order valence-electron chi connectivity index (χ2n) is 10.6. The summed E-state index contributed by atoms with van der Waals surface area (Å²) in [7, 11) is 1.28. The predicted molar refractivity (Wildman–Crippen MR) is 162 cm³/mol. The topological polar surface area (TPSA) is 111 Å². The highest BCUT2D eigenvalue weighted by Gasteiger charge is 2.43. The molecule has 0 aliphatic carbocycles. The third-order valence-electron chi connectivity index (χ3n) is 7.95. The van der Waals surface area contributed by atoms with Gasteiger partial charge in [0, 0.05) is 67.2 Å².